The van der Waals surface area contributed by atoms with E-state index in [2.05, 4.69) is 0 Å². The fraction of sp³-hybridized carbons (Fsp3) is 0.619. The zero-order valence-corrected chi connectivity index (χ0v) is 18.0. The van der Waals surface area contributed by atoms with Crippen molar-refractivity contribution in [2.75, 3.05) is 25.1 Å². The molecule has 6 nitrogen and oxygen atoms in total. The quantitative estimate of drug-likeness (QED) is 0.810. The molecule has 0 bridgehead atoms. The Morgan fingerprint density at radius 2 is 1.96 bits per heavy atom. The number of halogens is 1. The minimum absolute atomic E-state index is 0. The fourth-order valence-corrected chi connectivity index (χ4v) is 4.33. The summed E-state index contributed by atoms with van der Waals surface area (Å²) in [5.74, 6) is -0.206. The number of likely N-dealkylation sites (N-methyl/N-ethyl adjacent to an activating group) is 1. The average Bonchev–Trinajstić information content (AvgIpc) is 2.67. The molecule has 0 spiro atoms. The van der Waals surface area contributed by atoms with Crippen LogP contribution in [0.25, 0.3) is 0 Å². The number of nitrogens with zero attached hydrogens (tertiary/aromatic N) is 2. The lowest BCUT2D eigenvalue weighted by Crippen LogP contribution is -2.76. The molecule has 2 N–H and O–H groups in total. The molecule has 1 heterocycles. The zero-order valence-electron chi connectivity index (χ0n) is 17.2. The number of anilines is 1. The molecule has 28 heavy (non-hydrogen) atoms. The number of carbonyl (C=O) groups is 2. The van der Waals surface area contributed by atoms with Gasteiger partial charge >= 0.3 is 0 Å². The van der Waals surface area contributed by atoms with E-state index in [0.717, 1.165) is 12.1 Å². The Balaban J connectivity index is 0.00000280. The minimum Gasteiger partial charge on any atom is -0.378 e. The third-order valence-electron chi connectivity index (χ3n) is 6.48. The van der Waals surface area contributed by atoms with Gasteiger partial charge in [0.05, 0.1) is 6.10 Å². The number of amides is 2. The van der Waals surface area contributed by atoms with Crippen molar-refractivity contribution in [1.29, 1.82) is 0 Å². The van der Waals surface area contributed by atoms with Crippen LogP contribution in [0.15, 0.2) is 30.3 Å². The molecule has 0 radical (unpaired) electrons. The molecule has 3 unspecified atom stereocenters. The van der Waals surface area contributed by atoms with Crippen molar-refractivity contribution in [1.82, 2.24) is 4.90 Å². The molecule has 2 fully saturated rings. The molecule has 1 aliphatic carbocycles. The van der Waals surface area contributed by atoms with Crippen LogP contribution in [-0.2, 0) is 14.3 Å². The van der Waals surface area contributed by atoms with E-state index < -0.39 is 17.0 Å². The maximum atomic E-state index is 13.3. The molecule has 3 rings (SSSR count). The van der Waals surface area contributed by atoms with Crippen LogP contribution in [-0.4, -0.2) is 54.6 Å². The first kappa shape index (κ1) is 22.7. The van der Waals surface area contributed by atoms with Crippen molar-refractivity contribution in [3.05, 3.63) is 30.3 Å². The SMILES string of the molecule is CCOC1CC(N)(C(=O)N(C)C2CCCN(c3ccccc3)C2=O)C1(C)C.Cl. The van der Waals surface area contributed by atoms with Gasteiger partial charge in [-0.25, -0.2) is 0 Å². The lowest BCUT2D eigenvalue weighted by Gasteiger charge is -2.59. The van der Waals surface area contributed by atoms with Crippen molar-refractivity contribution in [3.63, 3.8) is 0 Å². The van der Waals surface area contributed by atoms with Crippen molar-refractivity contribution >= 4 is 29.9 Å². The van der Waals surface area contributed by atoms with Gasteiger partial charge in [-0.2, -0.15) is 0 Å². The van der Waals surface area contributed by atoms with E-state index in [9.17, 15) is 9.59 Å². The monoisotopic (exact) mass is 409 g/mol. The van der Waals surface area contributed by atoms with Gasteiger partial charge in [0.15, 0.2) is 0 Å². The second-order valence-electron chi connectivity index (χ2n) is 8.24. The number of nitrogens with two attached hydrogens (primary N) is 1. The molecule has 2 amide bonds. The molecular weight excluding hydrogens is 378 g/mol. The summed E-state index contributed by atoms with van der Waals surface area (Å²) in [7, 11) is 1.71. The second-order valence-corrected chi connectivity index (χ2v) is 8.24. The highest BCUT2D eigenvalue weighted by atomic mass is 35.5. The molecule has 2 aliphatic rings. The van der Waals surface area contributed by atoms with Gasteiger partial charge in [0.25, 0.3) is 0 Å². The van der Waals surface area contributed by atoms with Crippen molar-refractivity contribution < 1.29 is 14.3 Å². The second kappa shape index (κ2) is 8.39. The normalized spacial score (nSPS) is 28.9. The van der Waals surface area contributed by atoms with Crippen molar-refractivity contribution in [2.24, 2.45) is 11.1 Å². The number of ether oxygens (including phenoxy) is 1. The van der Waals surface area contributed by atoms with Crippen molar-refractivity contribution in [3.8, 4) is 0 Å². The lowest BCUT2D eigenvalue weighted by atomic mass is 9.54. The number of carbonyl (C=O) groups excluding carboxylic acids is 2. The Hall–Kier alpha value is -1.63. The number of hydrogen-bond donors (Lipinski definition) is 1. The van der Waals surface area contributed by atoms with Gasteiger partial charge in [-0.1, -0.05) is 32.0 Å². The van der Waals surface area contributed by atoms with E-state index >= 15 is 0 Å². The van der Waals surface area contributed by atoms with Gasteiger partial charge in [-0.3, -0.25) is 9.59 Å². The summed E-state index contributed by atoms with van der Waals surface area (Å²) in [6, 6.07) is 9.13. The molecule has 1 saturated heterocycles. The summed E-state index contributed by atoms with van der Waals surface area (Å²) >= 11 is 0. The Labute approximate surface area is 173 Å². The number of piperidine rings is 1. The van der Waals surface area contributed by atoms with Crippen LogP contribution in [0.2, 0.25) is 0 Å². The molecule has 1 aromatic carbocycles. The lowest BCUT2D eigenvalue weighted by molar-refractivity contribution is -0.180. The van der Waals surface area contributed by atoms with Crippen molar-refractivity contribution in [2.45, 2.75) is 57.7 Å². The summed E-state index contributed by atoms with van der Waals surface area (Å²) in [5, 5.41) is 0. The number of rotatable bonds is 5. The summed E-state index contributed by atoms with van der Waals surface area (Å²) < 4.78 is 5.73. The molecule has 0 aromatic heterocycles. The highest BCUT2D eigenvalue weighted by Gasteiger charge is 2.64. The third kappa shape index (κ3) is 3.53. The van der Waals surface area contributed by atoms with Crippen LogP contribution in [0.4, 0.5) is 5.69 Å². The number of benzene rings is 1. The van der Waals surface area contributed by atoms with E-state index in [-0.39, 0.29) is 30.3 Å². The fourth-order valence-electron chi connectivity index (χ4n) is 4.33. The van der Waals surface area contributed by atoms with Crippen LogP contribution < -0.4 is 10.6 Å². The highest BCUT2D eigenvalue weighted by molar-refractivity contribution is 6.01. The van der Waals surface area contributed by atoms with E-state index in [0.29, 0.717) is 26.0 Å². The topological polar surface area (TPSA) is 75.9 Å². The Morgan fingerprint density at radius 1 is 1.32 bits per heavy atom. The number of hydrogen-bond acceptors (Lipinski definition) is 4. The van der Waals surface area contributed by atoms with Gasteiger partial charge in [-0.15, -0.1) is 12.4 Å². The van der Waals surface area contributed by atoms with Gasteiger partial charge < -0.3 is 20.3 Å². The van der Waals surface area contributed by atoms with Crippen LogP contribution in [0.3, 0.4) is 0 Å². The first-order valence-corrected chi connectivity index (χ1v) is 9.78. The Kier molecular flexibility index (Phi) is 6.79. The molecule has 156 valence electrons. The van der Waals surface area contributed by atoms with Gasteiger partial charge in [0, 0.05) is 37.7 Å². The minimum atomic E-state index is -1.00. The molecule has 1 aliphatic heterocycles. The van der Waals surface area contributed by atoms with Crippen LogP contribution >= 0.6 is 12.4 Å². The van der Waals surface area contributed by atoms with Gasteiger partial charge in [0.1, 0.15) is 11.6 Å². The number of para-hydroxylation sites is 1. The predicted octanol–water partition coefficient (Wildman–Crippen LogP) is 2.59. The molecule has 7 heteroatoms. The average molecular weight is 410 g/mol. The molecular formula is C21H32ClN3O3. The summed E-state index contributed by atoms with van der Waals surface area (Å²) in [5.41, 5.74) is 5.95. The summed E-state index contributed by atoms with van der Waals surface area (Å²) in [6.45, 7) is 7.16. The predicted molar refractivity (Wildman–Crippen MR) is 113 cm³/mol. The summed E-state index contributed by atoms with van der Waals surface area (Å²) in [6.07, 6.45) is 1.97. The van der Waals surface area contributed by atoms with E-state index in [4.69, 9.17) is 10.5 Å². The highest BCUT2D eigenvalue weighted by Crippen LogP contribution is 2.50. The first-order valence-electron chi connectivity index (χ1n) is 9.78. The van der Waals surface area contributed by atoms with Crippen LogP contribution in [0.5, 0.6) is 0 Å². The maximum Gasteiger partial charge on any atom is 0.249 e. The standard InChI is InChI=1S/C21H31N3O3.ClH/c1-5-27-17-14-21(22,20(17,2)3)19(26)23(4)16-12-9-13-24(18(16)25)15-10-7-6-8-11-15;/h6-8,10-11,16-17H,5,9,12-14,22H2,1-4H3;1H. The van der Waals surface area contributed by atoms with Crippen LogP contribution in [0, 0.1) is 5.41 Å². The van der Waals surface area contributed by atoms with Crippen LogP contribution in [0.1, 0.15) is 40.0 Å². The Morgan fingerprint density at radius 3 is 2.54 bits per heavy atom. The van der Waals surface area contributed by atoms with E-state index in [1.807, 2.05) is 51.1 Å². The smallest absolute Gasteiger partial charge is 0.249 e. The molecule has 1 saturated carbocycles. The molecule has 3 atom stereocenters. The largest absolute Gasteiger partial charge is 0.378 e. The summed E-state index contributed by atoms with van der Waals surface area (Å²) in [4.78, 5) is 29.7. The van der Waals surface area contributed by atoms with E-state index in [1.54, 1.807) is 16.8 Å². The first-order chi connectivity index (χ1) is 12.7. The maximum absolute atomic E-state index is 13.3. The third-order valence-corrected chi connectivity index (χ3v) is 6.48. The van der Waals surface area contributed by atoms with E-state index in [1.165, 1.54) is 0 Å². The molecule has 1 aromatic rings. The zero-order chi connectivity index (χ0) is 19.8. The van der Waals surface area contributed by atoms with Gasteiger partial charge in [-0.05, 0) is 31.9 Å². The Bertz CT molecular complexity index is 712. The van der Waals surface area contributed by atoms with Gasteiger partial charge in [0.2, 0.25) is 11.8 Å².